The highest BCUT2D eigenvalue weighted by Crippen LogP contribution is 2.36. The van der Waals surface area contributed by atoms with Gasteiger partial charge in [0.25, 0.3) is 10.1 Å². The fourth-order valence-electron chi connectivity index (χ4n) is 4.18. The van der Waals surface area contributed by atoms with Crippen molar-refractivity contribution in [2.24, 2.45) is 0 Å². The largest absolute Gasteiger partial charge is 0.507 e. The van der Waals surface area contributed by atoms with Crippen LogP contribution in [0.15, 0.2) is 77.7 Å². The minimum Gasteiger partial charge on any atom is -0.507 e. The van der Waals surface area contributed by atoms with Gasteiger partial charge in [0, 0.05) is 11.6 Å². The molecule has 0 unspecified atom stereocenters. The van der Waals surface area contributed by atoms with Gasteiger partial charge in [-0.3, -0.25) is 4.55 Å². The Bertz CT molecular complexity index is 1870. The van der Waals surface area contributed by atoms with Crippen molar-refractivity contribution in [2.45, 2.75) is 37.3 Å². The first-order valence-electron chi connectivity index (χ1n) is 12.1. The molecule has 0 amide bonds. The van der Waals surface area contributed by atoms with Crippen molar-refractivity contribution in [3.8, 4) is 28.3 Å². The molecule has 0 bridgehead atoms. The monoisotopic (exact) mass is 586 g/mol. The Morgan fingerprint density at radius 2 is 1.49 bits per heavy atom. The summed E-state index contributed by atoms with van der Waals surface area (Å²) < 4.78 is 64.1. The average molecular weight is 587 g/mol. The number of fused-ring (bicyclic) bond motifs is 3. The van der Waals surface area contributed by atoms with Crippen LogP contribution in [-0.2, 0) is 20.3 Å². The van der Waals surface area contributed by atoms with Gasteiger partial charge in [-0.2, -0.15) is 21.6 Å². The molecule has 0 aliphatic rings. The van der Waals surface area contributed by atoms with Crippen molar-refractivity contribution >= 4 is 37.9 Å². The number of hydrogen-bond acceptors (Lipinski definition) is 5. The second-order valence-electron chi connectivity index (χ2n) is 10.3. The van der Waals surface area contributed by atoms with Gasteiger partial charge in [-0.1, -0.05) is 69.3 Å². The number of H-pyrrole nitrogens is 1. The van der Waals surface area contributed by atoms with Crippen molar-refractivity contribution in [3.05, 3.63) is 78.4 Å². The Balaban J connectivity index is 0.000000493. The SMILES string of the molecule is CC(C)(C)c1ccc(-c2cccc(-c3nc4c(ccc5cc(S(=O)(=O)O)cc(O)c54)[nH]3)c2)cc1.O=C(O)C(F)(F)F. The maximum absolute atomic E-state index is 11.5. The molecule has 0 aliphatic carbocycles. The Kier molecular flexibility index (Phi) is 7.59. The Morgan fingerprint density at radius 3 is 2.05 bits per heavy atom. The number of carboxylic acids is 1. The number of phenolic OH excluding ortho intramolecular Hbond substituents is 1. The molecule has 4 aromatic carbocycles. The van der Waals surface area contributed by atoms with E-state index in [1.54, 1.807) is 12.1 Å². The second kappa shape index (κ2) is 10.5. The molecule has 1 aromatic heterocycles. The molecular weight excluding hydrogens is 561 g/mol. The topological polar surface area (TPSA) is 141 Å². The molecule has 0 atom stereocenters. The lowest BCUT2D eigenvalue weighted by atomic mass is 9.86. The normalized spacial score (nSPS) is 12.3. The number of rotatable bonds is 3. The Labute approximate surface area is 232 Å². The number of hydrogen-bond donors (Lipinski definition) is 4. The smallest absolute Gasteiger partial charge is 0.490 e. The third-order valence-electron chi connectivity index (χ3n) is 6.28. The highest BCUT2D eigenvalue weighted by Gasteiger charge is 2.38. The van der Waals surface area contributed by atoms with Gasteiger partial charge < -0.3 is 15.2 Å². The number of carboxylic acid groups (broad SMARTS) is 1. The lowest BCUT2D eigenvalue weighted by Gasteiger charge is -2.19. The number of carbonyl (C=O) groups is 1. The number of alkyl halides is 3. The molecule has 0 saturated carbocycles. The molecule has 214 valence electrons. The highest BCUT2D eigenvalue weighted by molar-refractivity contribution is 7.85. The average Bonchev–Trinajstić information content (AvgIpc) is 3.32. The van der Waals surface area contributed by atoms with Crippen molar-refractivity contribution in [1.29, 1.82) is 0 Å². The summed E-state index contributed by atoms with van der Waals surface area (Å²) in [5, 5.41) is 18.5. The number of aromatic hydroxyl groups is 1. The zero-order valence-electron chi connectivity index (χ0n) is 22.0. The Hall–Kier alpha value is -4.42. The summed E-state index contributed by atoms with van der Waals surface area (Å²) in [6.45, 7) is 6.57. The van der Waals surface area contributed by atoms with E-state index in [9.17, 15) is 31.2 Å². The van der Waals surface area contributed by atoms with E-state index in [4.69, 9.17) is 14.9 Å². The van der Waals surface area contributed by atoms with E-state index in [0.717, 1.165) is 22.8 Å². The van der Waals surface area contributed by atoms with Crippen LogP contribution in [-0.4, -0.2) is 45.3 Å². The lowest BCUT2D eigenvalue weighted by Crippen LogP contribution is -2.21. The first-order chi connectivity index (χ1) is 18.9. The summed E-state index contributed by atoms with van der Waals surface area (Å²) in [5.41, 5.74) is 5.63. The van der Waals surface area contributed by atoms with Crippen LogP contribution in [0, 0.1) is 0 Å². The maximum Gasteiger partial charge on any atom is 0.490 e. The standard InChI is InChI=1S/C27H24N2O4S.C2HF3O2/c1-27(2,3)20-10-7-16(8-11-20)17-5-4-6-19(13-17)26-28-22-12-9-18-14-21(34(31,32)33)15-23(30)24(18)25(22)29-26;3-2(4,5)1(6)7/h4-15,30H,1-3H3,(H,28,29)(H,31,32,33);(H,6,7). The van der Waals surface area contributed by atoms with E-state index in [0.29, 0.717) is 27.6 Å². The van der Waals surface area contributed by atoms with Gasteiger partial charge >= 0.3 is 12.1 Å². The molecule has 8 nitrogen and oxygen atoms in total. The van der Waals surface area contributed by atoms with Crippen molar-refractivity contribution in [2.75, 3.05) is 0 Å². The van der Waals surface area contributed by atoms with E-state index in [1.165, 1.54) is 11.6 Å². The van der Waals surface area contributed by atoms with Gasteiger partial charge in [0.1, 0.15) is 17.1 Å². The number of imidazole rings is 1. The molecule has 41 heavy (non-hydrogen) atoms. The summed E-state index contributed by atoms with van der Waals surface area (Å²) in [6, 6.07) is 22.4. The first kappa shape index (κ1) is 29.6. The van der Waals surface area contributed by atoms with Gasteiger partial charge in [0.2, 0.25) is 0 Å². The third kappa shape index (κ3) is 6.50. The molecule has 0 radical (unpaired) electrons. The number of benzene rings is 4. The predicted octanol–water partition coefficient (Wildman–Crippen LogP) is 6.93. The third-order valence-corrected chi connectivity index (χ3v) is 7.11. The quantitative estimate of drug-likeness (QED) is 0.168. The van der Waals surface area contributed by atoms with Crippen LogP contribution in [0.2, 0.25) is 0 Å². The fourth-order valence-corrected chi connectivity index (χ4v) is 4.71. The van der Waals surface area contributed by atoms with Crippen LogP contribution in [0.25, 0.3) is 44.3 Å². The van der Waals surface area contributed by atoms with E-state index < -0.39 is 22.3 Å². The number of nitrogens with one attached hydrogen (secondary N) is 1. The zero-order chi connectivity index (χ0) is 30.3. The van der Waals surface area contributed by atoms with Gasteiger partial charge in [-0.25, -0.2) is 9.78 Å². The number of phenols is 1. The number of aromatic amines is 1. The summed E-state index contributed by atoms with van der Waals surface area (Å²) in [4.78, 5) is 16.5. The molecule has 5 rings (SSSR count). The van der Waals surface area contributed by atoms with Gasteiger partial charge in [0.15, 0.2) is 0 Å². The van der Waals surface area contributed by atoms with E-state index in [1.807, 2.05) is 12.1 Å². The molecule has 0 aliphatic heterocycles. The predicted molar refractivity (Wildman–Crippen MR) is 148 cm³/mol. The van der Waals surface area contributed by atoms with Gasteiger partial charge in [-0.15, -0.1) is 0 Å². The van der Waals surface area contributed by atoms with E-state index in [-0.39, 0.29) is 16.1 Å². The van der Waals surface area contributed by atoms with E-state index in [2.05, 4.69) is 62.2 Å². The van der Waals surface area contributed by atoms with Crippen molar-refractivity contribution in [1.82, 2.24) is 9.97 Å². The van der Waals surface area contributed by atoms with Crippen molar-refractivity contribution in [3.63, 3.8) is 0 Å². The minimum absolute atomic E-state index is 0.0884. The first-order valence-corrected chi connectivity index (χ1v) is 13.5. The molecule has 0 spiro atoms. The van der Waals surface area contributed by atoms with Crippen LogP contribution in [0.5, 0.6) is 5.75 Å². The summed E-state index contributed by atoms with van der Waals surface area (Å²) in [6.07, 6.45) is -5.08. The lowest BCUT2D eigenvalue weighted by molar-refractivity contribution is -0.192. The number of aliphatic carboxylic acids is 1. The zero-order valence-corrected chi connectivity index (χ0v) is 22.8. The van der Waals surface area contributed by atoms with Crippen molar-refractivity contribution < 1.29 is 41.1 Å². The number of aromatic nitrogens is 2. The highest BCUT2D eigenvalue weighted by atomic mass is 32.2. The van der Waals surface area contributed by atoms with Gasteiger partial charge in [-0.05, 0) is 45.7 Å². The van der Waals surface area contributed by atoms with Crippen LogP contribution in [0.3, 0.4) is 0 Å². The molecule has 0 saturated heterocycles. The molecule has 4 N–H and O–H groups in total. The Morgan fingerprint density at radius 1 is 0.878 bits per heavy atom. The van der Waals surface area contributed by atoms with Crippen LogP contribution >= 0.6 is 0 Å². The molecule has 1 heterocycles. The fraction of sp³-hybridized carbons (Fsp3) is 0.172. The van der Waals surface area contributed by atoms with Crippen LogP contribution < -0.4 is 0 Å². The van der Waals surface area contributed by atoms with E-state index >= 15 is 0 Å². The van der Waals surface area contributed by atoms with Gasteiger partial charge in [0.05, 0.1) is 15.8 Å². The summed E-state index contributed by atoms with van der Waals surface area (Å²) in [5.74, 6) is -2.39. The number of nitrogens with zero attached hydrogens (tertiary/aromatic N) is 1. The maximum atomic E-state index is 11.5. The van der Waals surface area contributed by atoms with Crippen LogP contribution in [0.4, 0.5) is 13.2 Å². The molecule has 12 heteroatoms. The second-order valence-corrected chi connectivity index (χ2v) is 11.7. The molecule has 0 fully saturated rings. The number of halogens is 3. The molecule has 5 aromatic rings. The summed E-state index contributed by atoms with van der Waals surface area (Å²) in [7, 11) is -4.44. The molecular formula is C29H25F3N2O6S. The minimum atomic E-state index is -5.08. The van der Waals surface area contributed by atoms with Crippen LogP contribution in [0.1, 0.15) is 26.3 Å². The summed E-state index contributed by atoms with van der Waals surface area (Å²) >= 11 is 0.